The highest BCUT2D eigenvalue weighted by atomic mass is 32.2. The molecule has 1 unspecified atom stereocenters. The Balaban J connectivity index is 2.03. The van der Waals surface area contributed by atoms with Crippen LogP contribution in [0.5, 0.6) is 5.75 Å². The predicted molar refractivity (Wildman–Crippen MR) is 113 cm³/mol. The number of hydrogen-bond acceptors (Lipinski definition) is 5. The van der Waals surface area contributed by atoms with Gasteiger partial charge in [0.05, 0.1) is 19.1 Å². The van der Waals surface area contributed by atoms with Crippen molar-refractivity contribution in [3.63, 3.8) is 0 Å². The lowest BCUT2D eigenvalue weighted by atomic mass is 10.2. The van der Waals surface area contributed by atoms with Gasteiger partial charge in [-0.3, -0.25) is 9.10 Å². The number of sulfonamides is 1. The largest absolute Gasteiger partial charge is 0.497 e. The number of likely N-dealkylation sites (N-methyl/N-ethyl adjacent to an activating group) is 1. The maximum Gasteiger partial charge on any atom is 0.243 e. The van der Waals surface area contributed by atoms with Gasteiger partial charge in [-0.05, 0) is 43.3 Å². The lowest BCUT2D eigenvalue weighted by Crippen LogP contribution is -2.49. The van der Waals surface area contributed by atoms with Crippen molar-refractivity contribution in [1.82, 2.24) is 5.32 Å². The minimum atomic E-state index is -3.64. The van der Waals surface area contributed by atoms with Gasteiger partial charge in [0.1, 0.15) is 11.8 Å². The van der Waals surface area contributed by atoms with E-state index in [0.717, 1.165) is 16.2 Å². The molecule has 28 heavy (non-hydrogen) atoms. The van der Waals surface area contributed by atoms with Gasteiger partial charge in [0.25, 0.3) is 0 Å². The molecule has 0 saturated carbocycles. The summed E-state index contributed by atoms with van der Waals surface area (Å²) >= 11 is 0. The molecule has 1 amide bonds. The van der Waals surface area contributed by atoms with E-state index in [1.165, 1.54) is 7.11 Å². The van der Waals surface area contributed by atoms with Crippen LogP contribution < -0.4 is 19.3 Å². The first-order chi connectivity index (χ1) is 13.2. The zero-order valence-corrected chi connectivity index (χ0v) is 17.4. The Morgan fingerprint density at radius 2 is 1.68 bits per heavy atom. The summed E-state index contributed by atoms with van der Waals surface area (Å²) in [4.78, 5) is 14.6. The van der Waals surface area contributed by atoms with Crippen LogP contribution in [0.1, 0.15) is 6.92 Å². The van der Waals surface area contributed by atoms with Crippen LogP contribution in [0.3, 0.4) is 0 Å². The Bertz CT molecular complexity index is 870. The third kappa shape index (κ3) is 5.63. The SMILES string of the molecule is COc1ccc(N(C(C)C(=O)NCCN(C)c2ccccc2)S(C)(=O)=O)cc1. The molecule has 0 bridgehead atoms. The number of amides is 1. The molecular weight excluding hydrogens is 378 g/mol. The van der Waals surface area contributed by atoms with Crippen LogP contribution >= 0.6 is 0 Å². The first-order valence-electron chi connectivity index (χ1n) is 8.91. The van der Waals surface area contributed by atoms with Crippen LogP contribution in [0.4, 0.5) is 11.4 Å². The predicted octanol–water partition coefficient (Wildman–Crippen LogP) is 2.10. The summed E-state index contributed by atoms with van der Waals surface area (Å²) in [7, 11) is -0.176. The molecule has 0 aliphatic heterocycles. The van der Waals surface area contributed by atoms with Crippen molar-refractivity contribution in [1.29, 1.82) is 0 Å². The minimum absolute atomic E-state index is 0.359. The Morgan fingerprint density at radius 3 is 2.21 bits per heavy atom. The maximum absolute atomic E-state index is 12.6. The lowest BCUT2D eigenvalue weighted by molar-refractivity contribution is -0.121. The number of carbonyl (C=O) groups is 1. The second-order valence-corrected chi connectivity index (χ2v) is 8.34. The van der Waals surface area contributed by atoms with E-state index in [4.69, 9.17) is 4.74 Å². The Morgan fingerprint density at radius 1 is 1.07 bits per heavy atom. The van der Waals surface area contributed by atoms with E-state index in [9.17, 15) is 13.2 Å². The molecule has 8 heteroatoms. The molecule has 7 nitrogen and oxygen atoms in total. The van der Waals surface area contributed by atoms with Crippen molar-refractivity contribution in [3.05, 3.63) is 54.6 Å². The van der Waals surface area contributed by atoms with Crippen LogP contribution in [-0.4, -0.2) is 53.9 Å². The summed E-state index contributed by atoms with van der Waals surface area (Å²) < 4.78 is 30.8. The van der Waals surface area contributed by atoms with Crippen LogP contribution in [0.25, 0.3) is 0 Å². The number of ether oxygens (including phenoxy) is 1. The summed E-state index contributed by atoms with van der Waals surface area (Å²) in [5.41, 5.74) is 1.45. The molecular formula is C20H27N3O4S. The zero-order valence-electron chi connectivity index (χ0n) is 16.6. The van der Waals surface area contributed by atoms with E-state index in [-0.39, 0.29) is 5.91 Å². The third-order valence-electron chi connectivity index (χ3n) is 4.36. The number of anilines is 2. The summed E-state index contributed by atoms with van der Waals surface area (Å²) in [5, 5.41) is 2.82. The summed E-state index contributed by atoms with van der Waals surface area (Å²) in [5.74, 6) is 0.251. The number of nitrogens with zero attached hydrogens (tertiary/aromatic N) is 2. The molecule has 0 heterocycles. The third-order valence-corrected chi connectivity index (χ3v) is 5.60. The Kier molecular flexibility index (Phi) is 7.28. The molecule has 0 aliphatic rings. The molecule has 0 aromatic heterocycles. The van der Waals surface area contributed by atoms with Gasteiger partial charge in [-0.2, -0.15) is 0 Å². The standard InChI is InChI=1S/C20H27N3O4S/c1-16(20(24)21-14-15-22(2)17-8-6-5-7-9-17)23(28(4,25)26)18-10-12-19(27-3)13-11-18/h5-13,16H,14-15H2,1-4H3,(H,21,24). The summed E-state index contributed by atoms with van der Waals surface area (Å²) in [6, 6.07) is 15.5. The Labute approximate surface area is 167 Å². The van der Waals surface area contributed by atoms with Gasteiger partial charge in [0.15, 0.2) is 0 Å². The van der Waals surface area contributed by atoms with Crippen molar-refractivity contribution < 1.29 is 17.9 Å². The van der Waals surface area contributed by atoms with Crippen LogP contribution in [0.15, 0.2) is 54.6 Å². The highest BCUT2D eigenvalue weighted by Crippen LogP contribution is 2.23. The average Bonchev–Trinajstić information content (AvgIpc) is 2.68. The molecule has 1 N–H and O–H groups in total. The number of rotatable bonds is 9. The van der Waals surface area contributed by atoms with Gasteiger partial charge in [-0.1, -0.05) is 18.2 Å². The normalized spacial score (nSPS) is 12.1. The van der Waals surface area contributed by atoms with Gasteiger partial charge in [0.2, 0.25) is 15.9 Å². The summed E-state index contributed by atoms with van der Waals surface area (Å²) in [6.45, 7) is 2.57. The quantitative estimate of drug-likeness (QED) is 0.691. The number of carbonyl (C=O) groups excluding carboxylic acids is 1. The monoisotopic (exact) mass is 405 g/mol. The fourth-order valence-electron chi connectivity index (χ4n) is 2.84. The molecule has 0 aliphatic carbocycles. The van der Waals surface area contributed by atoms with Crippen LogP contribution in [-0.2, 0) is 14.8 Å². The molecule has 2 aromatic rings. The Hall–Kier alpha value is -2.74. The van der Waals surface area contributed by atoms with Gasteiger partial charge in [0, 0.05) is 25.8 Å². The van der Waals surface area contributed by atoms with Crippen molar-refractivity contribution in [3.8, 4) is 5.75 Å². The molecule has 2 rings (SSSR count). The first kappa shape index (κ1) is 21.6. The fraction of sp³-hybridized carbons (Fsp3) is 0.350. The van der Waals surface area contributed by atoms with E-state index in [2.05, 4.69) is 5.32 Å². The fourth-order valence-corrected chi connectivity index (χ4v) is 4.02. The van der Waals surface area contributed by atoms with E-state index < -0.39 is 16.1 Å². The van der Waals surface area contributed by atoms with E-state index in [1.54, 1.807) is 31.2 Å². The second-order valence-electron chi connectivity index (χ2n) is 6.48. The number of hydrogen-bond donors (Lipinski definition) is 1. The van der Waals surface area contributed by atoms with Crippen molar-refractivity contribution >= 4 is 27.3 Å². The van der Waals surface area contributed by atoms with E-state index in [1.807, 2.05) is 42.3 Å². The smallest absolute Gasteiger partial charge is 0.243 e. The number of nitrogens with one attached hydrogen (secondary N) is 1. The minimum Gasteiger partial charge on any atom is -0.497 e. The molecule has 2 aromatic carbocycles. The maximum atomic E-state index is 12.6. The lowest BCUT2D eigenvalue weighted by Gasteiger charge is -2.28. The molecule has 1 atom stereocenters. The van der Waals surface area contributed by atoms with Gasteiger partial charge in [-0.15, -0.1) is 0 Å². The topological polar surface area (TPSA) is 79.0 Å². The zero-order chi connectivity index (χ0) is 20.7. The van der Waals surface area contributed by atoms with Gasteiger partial charge in [-0.25, -0.2) is 8.42 Å². The number of methoxy groups -OCH3 is 1. The van der Waals surface area contributed by atoms with Gasteiger partial charge < -0.3 is 15.0 Å². The summed E-state index contributed by atoms with van der Waals surface area (Å²) in [6.07, 6.45) is 1.09. The average molecular weight is 406 g/mol. The van der Waals surface area contributed by atoms with E-state index in [0.29, 0.717) is 24.5 Å². The number of para-hydroxylation sites is 1. The van der Waals surface area contributed by atoms with Crippen molar-refractivity contribution in [2.24, 2.45) is 0 Å². The highest BCUT2D eigenvalue weighted by molar-refractivity contribution is 7.92. The number of benzene rings is 2. The van der Waals surface area contributed by atoms with E-state index >= 15 is 0 Å². The van der Waals surface area contributed by atoms with Crippen LogP contribution in [0, 0.1) is 0 Å². The molecule has 0 spiro atoms. The van der Waals surface area contributed by atoms with Crippen LogP contribution in [0.2, 0.25) is 0 Å². The second kappa shape index (κ2) is 9.45. The molecule has 0 radical (unpaired) electrons. The highest BCUT2D eigenvalue weighted by Gasteiger charge is 2.28. The van der Waals surface area contributed by atoms with Crippen molar-refractivity contribution in [2.45, 2.75) is 13.0 Å². The van der Waals surface area contributed by atoms with Crippen molar-refractivity contribution in [2.75, 3.05) is 42.7 Å². The molecule has 0 fully saturated rings. The first-order valence-corrected chi connectivity index (χ1v) is 10.8. The van der Waals surface area contributed by atoms with Gasteiger partial charge >= 0.3 is 0 Å². The molecule has 0 saturated heterocycles. The molecule has 152 valence electrons.